The van der Waals surface area contributed by atoms with Crippen molar-refractivity contribution in [1.29, 1.82) is 0 Å². The highest BCUT2D eigenvalue weighted by molar-refractivity contribution is 6.31. The van der Waals surface area contributed by atoms with Gasteiger partial charge in [0.1, 0.15) is 5.75 Å². The van der Waals surface area contributed by atoms with Gasteiger partial charge in [-0.3, -0.25) is 4.90 Å². The Hall–Kier alpha value is -0.770. The van der Waals surface area contributed by atoms with Crippen molar-refractivity contribution in [3.63, 3.8) is 0 Å². The van der Waals surface area contributed by atoms with Gasteiger partial charge in [-0.25, -0.2) is 0 Å². The normalized spacial score (nSPS) is 23.9. The van der Waals surface area contributed by atoms with E-state index < -0.39 is 0 Å². The van der Waals surface area contributed by atoms with Gasteiger partial charge in [-0.05, 0) is 30.5 Å². The molecule has 1 saturated carbocycles. The summed E-state index contributed by atoms with van der Waals surface area (Å²) in [6.07, 6.45) is 6.60. The van der Waals surface area contributed by atoms with E-state index in [1.165, 1.54) is 43.2 Å². The maximum absolute atomic E-state index is 6.44. The van der Waals surface area contributed by atoms with Crippen LogP contribution >= 0.6 is 11.6 Å². The van der Waals surface area contributed by atoms with E-state index in [0.29, 0.717) is 12.6 Å². The Labute approximate surface area is 126 Å². The van der Waals surface area contributed by atoms with Crippen LogP contribution in [0.5, 0.6) is 5.75 Å². The lowest BCUT2D eigenvalue weighted by Crippen LogP contribution is -2.38. The zero-order chi connectivity index (χ0) is 14.1. The monoisotopic (exact) mass is 294 g/mol. The summed E-state index contributed by atoms with van der Waals surface area (Å²) in [5.74, 6) is 0.946. The average Bonchev–Trinajstić information content (AvgIpc) is 2.89. The van der Waals surface area contributed by atoms with Crippen LogP contribution in [0.4, 0.5) is 0 Å². The highest BCUT2D eigenvalue weighted by Gasteiger charge is 2.37. The van der Waals surface area contributed by atoms with Gasteiger partial charge in [0.2, 0.25) is 0 Å². The molecule has 0 spiro atoms. The van der Waals surface area contributed by atoms with Crippen molar-refractivity contribution in [2.45, 2.75) is 50.7 Å². The number of hydrogen-bond acceptors (Lipinski definition) is 3. The summed E-state index contributed by atoms with van der Waals surface area (Å²) >= 11 is 6.44. The zero-order valence-electron chi connectivity index (χ0n) is 12.1. The topological polar surface area (TPSA) is 38.5 Å². The Morgan fingerprint density at radius 1 is 1.30 bits per heavy atom. The minimum Gasteiger partial charge on any atom is -0.496 e. The first kappa shape index (κ1) is 14.2. The molecule has 1 aromatic rings. The van der Waals surface area contributed by atoms with Gasteiger partial charge in [0.05, 0.1) is 7.11 Å². The van der Waals surface area contributed by atoms with Gasteiger partial charge in [-0.15, -0.1) is 0 Å². The van der Waals surface area contributed by atoms with Gasteiger partial charge >= 0.3 is 0 Å². The van der Waals surface area contributed by atoms with Gasteiger partial charge in [0, 0.05) is 35.8 Å². The molecule has 2 N–H and O–H groups in total. The number of ether oxygens (including phenoxy) is 1. The van der Waals surface area contributed by atoms with Crippen LogP contribution in [-0.4, -0.2) is 24.6 Å². The smallest absolute Gasteiger partial charge is 0.123 e. The molecule has 110 valence electrons. The lowest BCUT2D eigenvalue weighted by Gasteiger charge is -2.35. The van der Waals surface area contributed by atoms with Crippen molar-refractivity contribution in [2.24, 2.45) is 5.73 Å². The molecular weight excluding hydrogens is 272 g/mol. The molecule has 2 aliphatic rings. The number of benzene rings is 1. The number of hydrogen-bond donors (Lipinski definition) is 1. The van der Waals surface area contributed by atoms with Gasteiger partial charge < -0.3 is 10.5 Å². The lowest BCUT2D eigenvalue weighted by atomic mass is 9.93. The predicted octanol–water partition coefficient (Wildman–Crippen LogP) is 3.50. The fraction of sp³-hybridized carbons (Fsp3) is 0.625. The minimum atomic E-state index is 0.246. The molecule has 0 radical (unpaired) electrons. The zero-order valence-corrected chi connectivity index (χ0v) is 12.8. The van der Waals surface area contributed by atoms with Gasteiger partial charge in [-0.1, -0.05) is 30.9 Å². The molecule has 1 aliphatic carbocycles. The molecule has 4 heteroatoms. The van der Waals surface area contributed by atoms with Crippen LogP contribution in [-0.2, 0) is 6.54 Å². The molecule has 1 unspecified atom stereocenters. The molecule has 1 atom stereocenters. The summed E-state index contributed by atoms with van der Waals surface area (Å²) in [4.78, 5) is 2.55. The van der Waals surface area contributed by atoms with Crippen molar-refractivity contribution in [3.8, 4) is 5.75 Å². The van der Waals surface area contributed by atoms with E-state index in [1.807, 2.05) is 12.1 Å². The Kier molecular flexibility index (Phi) is 4.20. The van der Waals surface area contributed by atoms with Crippen LogP contribution < -0.4 is 10.5 Å². The second kappa shape index (κ2) is 5.92. The first-order chi connectivity index (χ1) is 9.76. The van der Waals surface area contributed by atoms with E-state index in [1.54, 1.807) is 7.11 Å². The van der Waals surface area contributed by atoms with E-state index in [0.717, 1.165) is 17.3 Å². The van der Waals surface area contributed by atoms with Crippen LogP contribution in [0.25, 0.3) is 0 Å². The second-order valence-corrected chi connectivity index (χ2v) is 6.26. The van der Waals surface area contributed by atoms with Gasteiger partial charge in [0.25, 0.3) is 0 Å². The van der Waals surface area contributed by atoms with Crippen molar-refractivity contribution in [2.75, 3.05) is 13.7 Å². The quantitative estimate of drug-likeness (QED) is 0.927. The first-order valence-electron chi connectivity index (χ1n) is 7.57. The highest BCUT2D eigenvalue weighted by atomic mass is 35.5. The van der Waals surface area contributed by atoms with Crippen molar-refractivity contribution < 1.29 is 4.74 Å². The summed E-state index contributed by atoms with van der Waals surface area (Å²) in [6, 6.07) is 4.80. The van der Waals surface area contributed by atoms with Crippen LogP contribution in [0.3, 0.4) is 0 Å². The lowest BCUT2D eigenvalue weighted by molar-refractivity contribution is 0.116. The van der Waals surface area contributed by atoms with Crippen molar-refractivity contribution >= 4 is 11.6 Å². The number of methoxy groups -OCH3 is 1. The number of rotatable bonds is 3. The summed E-state index contributed by atoms with van der Waals surface area (Å²) in [5, 5.41) is 0.828. The molecular formula is C16H23ClN2O. The van der Waals surface area contributed by atoms with Crippen LogP contribution in [0.1, 0.15) is 49.3 Å². The number of fused-ring (bicyclic) bond motifs is 1. The van der Waals surface area contributed by atoms with Crippen LogP contribution in [0, 0.1) is 0 Å². The van der Waals surface area contributed by atoms with E-state index in [-0.39, 0.29) is 6.04 Å². The predicted molar refractivity (Wildman–Crippen MR) is 82.2 cm³/mol. The van der Waals surface area contributed by atoms with E-state index in [9.17, 15) is 0 Å². The molecule has 1 aliphatic heterocycles. The Morgan fingerprint density at radius 2 is 2.05 bits per heavy atom. The molecule has 1 heterocycles. The number of nitrogens with zero attached hydrogens (tertiary/aromatic N) is 1. The third kappa shape index (κ3) is 2.32. The molecule has 3 rings (SSSR count). The third-order valence-electron chi connectivity index (χ3n) is 4.82. The highest BCUT2D eigenvalue weighted by Crippen LogP contribution is 2.44. The van der Waals surface area contributed by atoms with E-state index >= 15 is 0 Å². The van der Waals surface area contributed by atoms with Gasteiger partial charge in [-0.2, -0.15) is 0 Å². The molecule has 1 fully saturated rings. The molecule has 20 heavy (non-hydrogen) atoms. The van der Waals surface area contributed by atoms with Crippen molar-refractivity contribution in [3.05, 3.63) is 28.3 Å². The molecule has 3 nitrogen and oxygen atoms in total. The van der Waals surface area contributed by atoms with E-state index in [4.69, 9.17) is 22.1 Å². The summed E-state index contributed by atoms with van der Waals surface area (Å²) in [6.45, 7) is 1.54. The second-order valence-electron chi connectivity index (χ2n) is 5.86. The average molecular weight is 295 g/mol. The first-order valence-corrected chi connectivity index (χ1v) is 7.95. The maximum Gasteiger partial charge on any atom is 0.123 e. The molecule has 0 amide bonds. The van der Waals surface area contributed by atoms with Crippen LogP contribution in [0.15, 0.2) is 12.1 Å². The van der Waals surface area contributed by atoms with E-state index in [2.05, 4.69) is 4.90 Å². The van der Waals surface area contributed by atoms with Gasteiger partial charge in [0.15, 0.2) is 0 Å². The minimum absolute atomic E-state index is 0.246. The summed E-state index contributed by atoms with van der Waals surface area (Å²) in [7, 11) is 1.73. The Balaban J connectivity index is 1.95. The molecule has 0 bridgehead atoms. The Bertz CT molecular complexity index is 486. The maximum atomic E-state index is 6.44. The molecule has 0 aromatic heterocycles. The van der Waals surface area contributed by atoms with Crippen molar-refractivity contribution in [1.82, 2.24) is 4.90 Å². The fourth-order valence-electron chi connectivity index (χ4n) is 3.84. The number of nitrogens with two attached hydrogens (primary N) is 1. The largest absolute Gasteiger partial charge is 0.496 e. The third-order valence-corrected chi connectivity index (χ3v) is 5.15. The standard InChI is InChI=1S/C16H23ClN2O/c1-20-15-8-7-13(17)16-12(15)10-19(14(16)9-18)11-5-3-2-4-6-11/h7-8,11,14H,2-6,9-10,18H2,1H3. The summed E-state index contributed by atoms with van der Waals surface area (Å²) < 4.78 is 5.51. The Morgan fingerprint density at radius 3 is 2.70 bits per heavy atom. The number of halogens is 1. The fourth-order valence-corrected chi connectivity index (χ4v) is 4.14. The SMILES string of the molecule is COc1ccc(Cl)c2c1CN(C1CCCCC1)C2CN. The molecule has 1 aromatic carbocycles. The van der Waals surface area contributed by atoms with Crippen LogP contribution in [0.2, 0.25) is 5.02 Å². The molecule has 0 saturated heterocycles. The summed E-state index contributed by atoms with van der Waals surface area (Å²) in [5.41, 5.74) is 8.50.